The van der Waals surface area contributed by atoms with Gasteiger partial charge in [0.2, 0.25) is 0 Å². The fourth-order valence-corrected chi connectivity index (χ4v) is 1.91. The van der Waals surface area contributed by atoms with E-state index in [2.05, 4.69) is 25.8 Å². The lowest BCUT2D eigenvalue weighted by molar-refractivity contribution is 0.123. The highest BCUT2D eigenvalue weighted by Gasteiger charge is 2.22. The second kappa shape index (κ2) is 3.38. The van der Waals surface area contributed by atoms with Gasteiger partial charge in [0.15, 0.2) is 0 Å². The highest BCUT2D eigenvalue weighted by atomic mass is 15.2. The Labute approximate surface area is 64.4 Å². The Balaban J connectivity index is 2.42. The molecular weight excluding hydrogens is 122 g/mol. The minimum atomic E-state index is 0.818. The smallest absolute Gasteiger partial charge is 0.00924 e. The third-order valence-corrected chi connectivity index (χ3v) is 2.90. The molecule has 1 fully saturated rings. The van der Waals surface area contributed by atoms with Gasteiger partial charge in [-0.15, -0.1) is 0 Å². The van der Waals surface area contributed by atoms with E-state index in [1.807, 2.05) is 0 Å². The van der Waals surface area contributed by atoms with Gasteiger partial charge >= 0.3 is 0 Å². The maximum atomic E-state index is 2.53. The molecule has 0 unspecified atom stereocenters. The van der Waals surface area contributed by atoms with Crippen LogP contribution in [0.5, 0.6) is 0 Å². The van der Waals surface area contributed by atoms with Crippen LogP contribution in [-0.2, 0) is 0 Å². The van der Waals surface area contributed by atoms with Crippen molar-refractivity contribution in [2.75, 3.05) is 7.05 Å². The summed E-state index contributed by atoms with van der Waals surface area (Å²) in [6, 6.07) is 1.68. The van der Waals surface area contributed by atoms with Crippen molar-refractivity contribution in [2.24, 2.45) is 0 Å². The molecule has 1 saturated heterocycles. The first-order chi connectivity index (χ1) is 4.75. The highest BCUT2D eigenvalue weighted by Crippen LogP contribution is 2.22. The molecule has 0 saturated carbocycles. The summed E-state index contributed by atoms with van der Waals surface area (Å²) < 4.78 is 0. The number of nitrogens with zero attached hydrogens (tertiary/aromatic N) is 1. The van der Waals surface area contributed by atoms with Gasteiger partial charge in [-0.1, -0.05) is 13.3 Å². The number of piperidine rings is 1. The third kappa shape index (κ3) is 1.51. The molecule has 1 rings (SSSR count). The van der Waals surface area contributed by atoms with Crippen LogP contribution in [0.2, 0.25) is 0 Å². The minimum Gasteiger partial charge on any atom is -0.301 e. The molecular formula is C9H19N. The zero-order valence-corrected chi connectivity index (χ0v) is 7.43. The van der Waals surface area contributed by atoms with E-state index in [9.17, 15) is 0 Å². The van der Waals surface area contributed by atoms with Crippen molar-refractivity contribution < 1.29 is 0 Å². The second-order valence-corrected chi connectivity index (χ2v) is 3.51. The molecule has 2 atom stereocenters. The predicted molar refractivity (Wildman–Crippen MR) is 45.2 cm³/mol. The molecule has 0 aromatic carbocycles. The average Bonchev–Trinajstić information content (AvgIpc) is 1.95. The number of hydrogen-bond acceptors (Lipinski definition) is 1. The molecule has 0 aromatic rings. The van der Waals surface area contributed by atoms with Crippen LogP contribution in [0.1, 0.15) is 39.5 Å². The Hall–Kier alpha value is -0.0400. The third-order valence-electron chi connectivity index (χ3n) is 2.90. The van der Waals surface area contributed by atoms with Crippen LogP contribution >= 0.6 is 0 Å². The van der Waals surface area contributed by atoms with Crippen molar-refractivity contribution >= 4 is 0 Å². The Bertz CT molecular complexity index is 101. The van der Waals surface area contributed by atoms with E-state index in [0.717, 1.165) is 12.1 Å². The summed E-state index contributed by atoms with van der Waals surface area (Å²) in [5.41, 5.74) is 0. The summed E-state index contributed by atoms with van der Waals surface area (Å²) in [6.45, 7) is 4.63. The van der Waals surface area contributed by atoms with Crippen LogP contribution in [0.3, 0.4) is 0 Å². The molecule has 0 aliphatic carbocycles. The van der Waals surface area contributed by atoms with Gasteiger partial charge in [0.25, 0.3) is 0 Å². The quantitative estimate of drug-likeness (QED) is 0.541. The van der Waals surface area contributed by atoms with Crippen LogP contribution in [-0.4, -0.2) is 24.0 Å². The predicted octanol–water partition coefficient (Wildman–Crippen LogP) is 2.27. The van der Waals surface area contributed by atoms with Crippen molar-refractivity contribution in [2.45, 2.75) is 51.6 Å². The van der Waals surface area contributed by atoms with Crippen molar-refractivity contribution in [1.82, 2.24) is 4.90 Å². The second-order valence-electron chi connectivity index (χ2n) is 3.51. The zero-order valence-electron chi connectivity index (χ0n) is 7.43. The molecule has 0 amide bonds. The van der Waals surface area contributed by atoms with E-state index in [0.29, 0.717) is 0 Å². The van der Waals surface area contributed by atoms with Crippen molar-refractivity contribution in [3.63, 3.8) is 0 Å². The summed E-state index contributed by atoms with van der Waals surface area (Å²) in [5.74, 6) is 0. The standard InChI is InChI=1S/C9H19N/c1-4-9-7-5-6-8(2)10(9)3/h8-9H,4-7H2,1-3H3/t8-,9-/m0/s1. The Kier molecular flexibility index (Phi) is 2.72. The molecule has 1 nitrogen and oxygen atoms in total. The monoisotopic (exact) mass is 141 g/mol. The van der Waals surface area contributed by atoms with E-state index in [4.69, 9.17) is 0 Å². The maximum absolute atomic E-state index is 2.53. The van der Waals surface area contributed by atoms with Crippen LogP contribution < -0.4 is 0 Å². The maximum Gasteiger partial charge on any atom is 0.00924 e. The average molecular weight is 141 g/mol. The molecule has 0 aromatic heterocycles. The Morgan fingerprint density at radius 2 is 2.10 bits per heavy atom. The normalized spacial score (nSPS) is 36.3. The molecule has 1 aliphatic heterocycles. The van der Waals surface area contributed by atoms with Gasteiger partial charge in [-0.05, 0) is 33.2 Å². The largest absolute Gasteiger partial charge is 0.301 e. The fraction of sp³-hybridized carbons (Fsp3) is 1.00. The molecule has 1 heteroatoms. The number of likely N-dealkylation sites (tertiary alicyclic amines) is 1. The summed E-state index contributed by atoms with van der Waals surface area (Å²) in [5, 5.41) is 0. The van der Waals surface area contributed by atoms with Crippen LogP contribution in [0.4, 0.5) is 0 Å². The van der Waals surface area contributed by atoms with E-state index in [1.165, 1.54) is 25.7 Å². The van der Waals surface area contributed by atoms with Gasteiger partial charge in [0.05, 0.1) is 0 Å². The first-order valence-electron chi connectivity index (χ1n) is 4.47. The zero-order chi connectivity index (χ0) is 7.56. The van der Waals surface area contributed by atoms with E-state index >= 15 is 0 Å². The lowest BCUT2D eigenvalue weighted by Crippen LogP contribution is -2.41. The molecule has 0 radical (unpaired) electrons. The number of rotatable bonds is 1. The van der Waals surface area contributed by atoms with Gasteiger partial charge < -0.3 is 4.90 Å². The Morgan fingerprint density at radius 1 is 1.40 bits per heavy atom. The van der Waals surface area contributed by atoms with E-state index < -0.39 is 0 Å². The molecule has 1 aliphatic rings. The van der Waals surface area contributed by atoms with Gasteiger partial charge in [-0.25, -0.2) is 0 Å². The molecule has 60 valence electrons. The SMILES string of the molecule is CC[C@H]1CCC[C@H](C)N1C. The molecule has 1 heterocycles. The minimum absolute atomic E-state index is 0.818. The first-order valence-corrected chi connectivity index (χ1v) is 4.47. The van der Waals surface area contributed by atoms with E-state index in [1.54, 1.807) is 0 Å². The van der Waals surface area contributed by atoms with Crippen molar-refractivity contribution in [3.05, 3.63) is 0 Å². The summed E-state index contributed by atoms with van der Waals surface area (Å²) >= 11 is 0. The molecule has 0 spiro atoms. The molecule has 0 bridgehead atoms. The van der Waals surface area contributed by atoms with Gasteiger partial charge in [0.1, 0.15) is 0 Å². The number of hydrogen-bond donors (Lipinski definition) is 0. The fourth-order valence-electron chi connectivity index (χ4n) is 1.91. The Morgan fingerprint density at radius 3 is 2.60 bits per heavy atom. The van der Waals surface area contributed by atoms with E-state index in [-0.39, 0.29) is 0 Å². The van der Waals surface area contributed by atoms with Crippen molar-refractivity contribution in [3.8, 4) is 0 Å². The van der Waals surface area contributed by atoms with Crippen LogP contribution in [0.15, 0.2) is 0 Å². The highest BCUT2D eigenvalue weighted by molar-refractivity contribution is 4.78. The summed E-state index contributed by atoms with van der Waals surface area (Å²) in [7, 11) is 2.26. The summed E-state index contributed by atoms with van der Waals surface area (Å²) in [4.78, 5) is 2.53. The lowest BCUT2D eigenvalue weighted by atomic mass is 9.96. The molecule has 10 heavy (non-hydrogen) atoms. The van der Waals surface area contributed by atoms with Crippen LogP contribution in [0.25, 0.3) is 0 Å². The van der Waals surface area contributed by atoms with Gasteiger partial charge in [0, 0.05) is 12.1 Å². The van der Waals surface area contributed by atoms with Gasteiger partial charge in [-0.3, -0.25) is 0 Å². The summed E-state index contributed by atoms with van der Waals surface area (Å²) in [6.07, 6.45) is 5.56. The van der Waals surface area contributed by atoms with Crippen molar-refractivity contribution in [1.29, 1.82) is 0 Å². The van der Waals surface area contributed by atoms with Gasteiger partial charge in [-0.2, -0.15) is 0 Å². The lowest BCUT2D eigenvalue weighted by Gasteiger charge is -2.37. The molecule has 0 N–H and O–H groups in total. The topological polar surface area (TPSA) is 3.24 Å². The van der Waals surface area contributed by atoms with Crippen LogP contribution in [0, 0.1) is 0 Å². The first kappa shape index (κ1) is 8.06.